The minimum Gasteiger partial charge on any atom is -0.455 e. The van der Waals surface area contributed by atoms with Crippen LogP contribution in [0.4, 0.5) is 21.5 Å². The number of ether oxygens (including phenoxy) is 4. The van der Waals surface area contributed by atoms with Gasteiger partial charge < -0.3 is 34.1 Å². The highest BCUT2D eigenvalue weighted by Gasteiger charge is 2.50. The van der Waals surface area contributed by atoms with Crippen molar-refractivity contribution in [3.63, 3.8) is 0 Å². The fourth-order valence-corrected chi connectivity index (χ4v) is 11.9. The van der Waals surface area contributed by atoms with E-state index in [2.05, 4.69) is 67.9 Å². The molecule has 1 spiro atoms. The molecule has 1 amide bonds. The Hall–Kier alpha value is -5.98. The number of anilines is 2. The minimum atomic E-state index is -4.85. The number of aromatic amines is 1. The summed E-state index contributed by atoms with van der Waals surface area (Å²) in [6, 6.07) is 19.4. The summed E-state index contributed by atoms with van der Waals surface area (Å²) in [4.78, 5) is 37.6. The topological polar surface area (TPSA) is 190 Å². The number of fused-ring (bicyclic) bond motifs is 2. The Kier molecular flexibility index (Phi) is 11.5. The molecule has 18 heteroatoms. The third-order valence-corrected chi connectivity index (χ3v) is 15.7. The van der Waals surface area contributed by atoms with Crippen molar-refractivity contribution in [2.75, 3.05) is 56.4 Å². The Morgan fingerprint density at radius 2 is 1.80 bits per heavy atom. The fourth-order valence-electron chi connectivity index (χ4n) is 10.7. The van der Waals surface area contributed by atoms with Crippen molar-refractivity contribution in [3.8, 4) is 23.0 Å². The highest BCUT2D eigenvalue weighted by Crippen LogP contribution is 2.55. The standard InChI is InChI=1S/C48H54FN7O9S/c1-30(2)35-6-3-4-7-36(35)38-8-5-17-55(38)33-25-47(26-33)12-18-54(19-13-47)32-9-10-37(40(23-32)65-34-22-31-11-16-50-45(31)51-27-34)46(57)53-66(60,61)41-24-39(56(58)59)42(44-43(41)63-29-64-44)52-28-48(49)14-20-62-21-15-48/h3-4,6-7,9-11,16,22-24,27,30,33,38,52H,5,8,12-15,17-21,25-26,28-29H2,1-2H3,(H,50,51)(H,53,57). The van der Waals surface area contributed by atoms with Crippen LogP contribution in [0, 0.1) is 15.5 Å². The highest BCUT2D eigenvalue weighted by atomic mass is 32.2. The number of aromatic nitrogens is 2. The van der Waals surface area contributed by atoms with Crippen LogP contribution >= 0.6 is 0 Å². The van der Waals surface area contributed by atoms with Crippen LogP contribution in [-0.2, 0) is 14.8 Å². The molecule has 4 fully saturated rings. The number of carbonyl (C=O) groups excluding carboxylic acids is 1. The van der Waals surface area contributed by atoms with Gasteiger partial charge in [-0.15, -0.1) is 0 Å². The summed E-state index contributed by atoms with van der Waals surface area (Å²) < 4.78 is 68.5. The number of rotatable bonds is 13. The number of hydrogen-bond donors (Lipinski definition) is 3. The van der Waals surface area contributed by atoms with Crippen LogP contribution < -0.4 is 29.1 Å². The van der Waals surface area contributed by atoms with E-state index >= 15 is 4.39 Å². The Morgan fingerprint density at radius 1 is 1.03 bits per heavy atom. The number of carbonyl (C=O) groups is 1. The Labute approximate surface area is 382 Å². The molecule has 6 heterocycles. The number of hydrogen-bond acceptors (Lipinski definition) is 13. The molecule has 5 aliphatic rings. The summed E-state index contributed by atoms with van der Waals surface area (Å²) in [6.07, 6.45) is 10.2. The lowest BCUT2D eigenvalue weighted by molar-refractivity contribution is -0.384. The Balaban J connectivity index is 0.876. The molecule has 4 aliphatic heterocycles. The number of piperidine rings is 1. The first kappa shape index (κ1) is 43.9. The molecule has 1 atom stereocenters. The van der Waals surface area contributed by atoms with Gasteiger partial charge in [-0.3, -0.25) is 19.8 Å². The zero-order chi connectivity index (χ0) is 45.8. The number of H-pyrrole nitrogens is 1. The van der Waals surface area contributed by atoms with E-state index in [0.717, 1.165) is 49.6 Å². The largest absolute Gasteiger partial charge is 0.455 e. The first-order chi connectivity index (χ1) is 31.8. The van der Waals surface area contributed by atoms with Crippen LogP contribution in [0.1, 0.15) is 98.7 Å². The molecule has 1 unspecified atom stereocenters. The first-order valence-electron chi connectivity index (χ1n) is 22.8. The number of nitrogens with zero attached hydrogens (tertiary/aromatic N) is 4. The van der Waals surface area contributed by atoms with Crippen molar-refractivity contribution < 1.29 is 41.5 Å². The van der Waals surface area contributed by atoms with Crippen molar-refractivity contribution in [1.82, 2.24) is 19.6 Å². The molecule has 1 saturated carbocycles. The average Bonchev–Trinajstić information content (AvgIpc) is 4.09. The third-order valence-electron chi connectivity index (χ3n) is 14.4. The molecule has 0 radical (unpaired) electrons. The normalized spacial score (nSPS) is 20.4. The predicted octanol–water partition coefficient (Wildman–Crippen LogP) is 8.75. The monoisotopic (exact) mass is 923 g/mol. The summed E-state index contributed by atoms with van der Waals surface area (Å²) >= 11 is 0. The van der Waals surface area contributed by atoms with E-state index in [-0.39, 0.29) is 66.5 Å². The van der Waals surface area contributed by atoms with Gasteiger partial charge in [0, 0.05) is 87.2 Å². The van der Waals surface area contributed by atoms with Gasteiger partial charge in [0.2, 0.25) is 6.79 Å². The molecule has 10 rings (SSSR count). The van der Waals surface area contributed by atoms with Crippen molar-refractivity contribution in [2.24, 2.45) is 5.41 Å². The lowest BCUT2D eigenvalue weighted by Crippen LogP contribution is -2.54. The summed E-state index contributed by atoms with van der Waals surface area (Å²) in [6.45, 7) is 6.91. The van der Waals surface area contributed by atoms with Crippen LogP contribution in [0.15, 0.2) is 78.0 Å². The number of pyridine rings is 1. The molecule has 16 nitrogen and oxygen atoms in total. The maximum absolute atomic E-state index is 15.5. The molecule has 3 aromatic carbocycles. The molecular formula is C48H54FN7O9S. The number of halogens is 1. The summed E-state index contributed by atoms with van der Waals surface area (Å²) in [5.74, 6) is -0.777. The second-order valence-electron chi connectivity index (χ2n) is 18.7. The molecule has 2 aromatic heterocycles. The zero-order valence-electron chi connectivity index (χ0n) is 37.0. The number of likely N-dealkylation sites (tertiary alicyclic amines) is 1. The van der Waals surface area contributed by atoms with E-state index in [0.29, 0.717) is 29.4 Å². The fraction of sp³-hybridized carbons (Fsp3) is 0.458. The average molecular weight is 924 g/mol. The van der Waals surface area contributed by atoms with E-state index in [1.807, 2.05) is 6.07 Å². The SMILES string of the molecule is CC(C)c1ccccc1C1CCCN1C1CC2(CCN(c3ccc(C(=O)NS(=O)(=O)c4cc([N+](=O)[O-])c(NCC5(F)CCOCC5)c5c4OCO5)c(Oc4cnc5[nH]ccc5c4)c3)CC2)C1. The number of amides is 1. The first-order valence-corrected chi connectivity index (χ1v) is 24.3. The third kappa shape index (κ3) is 8.38. The van der Waals surface area contributed by atoms with Crippen molar-refractivity contribution in [1.29, 1.82) is 0 Å². The molecular weight excluding hydrogens is 870 g/mol. The second kappa shape index (κ2) is 17.3. The van der Waals surface area contributed by atoms with Gasteiger partial charge in [-0.1, -0.05) is 38.1 Å². The quantitative estimate of drug-likeness (QED) is 0.0751. The van der Waals surface area contributed by atoms with E-state index in [4.69, 9.17) is 18.9 Å². The highest BCUT2D eigenvalue weighted by molar-refractivity contribution is 7.90. The van der Waals surface area contributed by atoms with Gasteiger partial charge in [-0.2, -0.15) is 0 Å². The summed E-state index contributed by atoms with van der Waals surface area (Å²) in [5.41, 5.74) is 1.91. The van der Waals surface area contributed by atoms with Gasteiger partial charge in [-0.25, -0.2) is 22.5 Å². The molecule has 3 N–H and O–H groups in total. The molecule has 0 bridgehead atoms. The van der Waals surface area contributed by atoms with Crippen LogP contribution in [0.3, 0.4) is 0 Å². The van der Waals surface area contributed by atoms with Crippen LogP contribution in [-0.4, -0.2) is 92.0 Å². The maximum atomic E-state index is 15.5. The van der Waals surface area contributed by atoms with Gasteiger partial charge >= 0.3 is 0 Å². The predicted molar refractivity (Wildman–Crippen MR) is 245 cm³/mol. The van der Waals surface area contributed by atoms with Gasteiger partial charge in [0.1, 0.15) is 27.7 Å². The smallest absolute Gasteiger partial charge is 0.297 e. The summed E-state index contributed by atoms with van der Waals surface area (Å²) in [7, 11) is -4.85. The Morgan fingerprint density at radius 3 is 2.58 bits per heavy atom. The molecule has 66 heavy (non-hydrogen) atoms. The second-order valence-corrected chi connectivity index (χ2v) is 20.4. The zero-order valence-corrected chi connectivity index (χ0v) is 37.8. The van der Waals surface area contributed by atoms with Crippen LogP contribution in [0.2, 0.25) is 0 Å². The molecule has 3 saturated heterocycles. The van der Waals surface area contributed by atoms with E-state index < -0.39 is 43.9 Å². The van der Waals surface area contributed by atoms with Crippen LogP contribution in [0.25, 0.3) is 11.0 Å². The molecule has 348 valence electrons. The van der Waals surface area contributed by atoms with Crippen molar-refractivity contribution in [2.45, 2.75) is 93.8 Å². The van der Waals surface area contributed by atoms with Gasteiger partial charge in [0.05, 0.1) is 16.7 Å². The minimum absolute atomic E-state index is 0.0729. The van der Waals surface area contributed by atoms with E-state index in [1.165, 1.54) is 49.1 Å². The van der Waals surface area contributed by atoms with Gasteiger partial charge in [0.25, 0.3) is 21.6 Å². The lowest BCUT2D eigenvalue weighted by atomic mass is 9.59. The molecule has 1 aliphatic carbocycles. The van der Waals surface area contributed by atoms with Crippen molar-refractivity contribution in [3.05, 3.63) is 99.9 Å². The van der Waals surface area contributed by atoms with Crippen molar-refractivity contribution >= 4 is 44.0 Å². The Bertz CT molecular complexity index is 2780. The molecule has 5 aromatic rings. The lowest BCUT2D eigenvalue weighted by Gasteiger charge is -2.56. The van der Waals surface area contributed by atoms with Crippen LogP contribution in [0.5, 0.6) is 23.0 Å². The van der Waals surface area contributed by atoms with E-state index in [9.17, 15) is 23.3 Å². The van der Waals surface area contributed by atoms with E-state index in [1.54, 1.807) is 24.4 Å². The number of nitro groups is 1. The number of alkyl halides is 1. The maximum Gasteiger partial charge on any atom is 0.297 e. The summed E-state index contributed by atoms with van der Waals surface area (Å²) in [5, 5.41) is 15.9. The number of sulfonamides is 1. The number of nitro benzene ring substituents is 1. The van der Waals surface area contributed by atoms with Gasteiger partial charge in [0.15, 0.2) is 17.2 Å². The number of nitrogens with one attached hydrogen (secondary N) is 3. The van der Waals surface area contributed by atoms with Gasteiger partial charge in [-0.05, 0) is 91.8 Å². The number of benzene rings is 3.